The topological polar surface area (TPSA) is 76.9 Å². The van der Waals surface area contributed by atoms with Crippen LogP contribution in [0.15, 0.2) is 38.9 Å². The van der Waals surface area contributed by atoms with E-state index >= 15 is 0 Å². The van der Waals surface area contributed by atoms with Crippen LogP contribution in [0, 0.1) is 0 Å². The molecule has 3 heterocycles. The summed E-state index contributed by atoms with van der Waals surface area (Å²) in [5.74, 6) is 0.0806. The molecule has 0 unspecified atom stereocenters. The summed E-state index contributed by atoms with van der Waals surface area (Å²) in [5, 5.41) is 7.88. The highest BCUT2D eigenvalue weighted by molar-refractivity contribution is 8.00. The van der Waals surface area contributed by atoms with Gasteiger partial charge in [0.1, 0.15) is 5.03 Å². The van der Waals surface area contributed by atoms with Crippen LogP contribution in [-0.2, 0) is 24.2 Å². The molecule has 1 aliphatic carbocycles. The Morgan fingerprint density at radius 3 is 2.93 bits per heavy atom. The van der Waals surface area contributed by atoms with Gasteiger partial charge in [0.15, 0.2) is 5.13 Å². The number of carbonyl (C=O) groups excluding carboxylic acids is 1. The Balaban J connectivity index is 1.55. The van der Waals surface area contributed by atoms with E-state index in [0.29, 0.717) is 16.7 Å². The number of amides is 1. The molecule has 6 nitrogen and oxygen atoms in total. The van der Waals surface area contributed by atoms with Crippen molar-refractivity contribution in [3.63, 3.8) is 0 Å². The fraction of sp³-hybridized carbons (Fsp3) is 0.333. The van der Waals surface area contributed by atoms with Gasteiger partial charge in [-0.1, -0.05) is 17.8 Å². The van der Waals surface area contributed by atoms with E-state index in [0.717, 1.165) is 41.8 Å². The maximum atomic E-state index is 12.7. The van der Waals surface area contributed by atoms with Crippen LogP contribution >= 0.6 is 34.4 Å². The highest BCUT2D eigenvalue weighted by atomic mass is 32.2. The molecule has 0 bridgehead atoms. The van der Waals surface area contributed by atoms with Crippen molar-refractivity contribution in [1.29, 1.82) is 0 Å². The normalized spacial score (nSPS) is 13.3. The number of hydrogen-bond acceptors (Lipinski definition) is 7. The summed E-state index contributed by atoms with van der Waals surface area (Å²) >= 11 is 4.37. The summed E-state index contributed by atoms with van der Waals surface area (Å²) in [4.78, 5) is 34.3. The molecule has 27 heavy (non-hydrogen) atoms. The second kappa shape index (κ2) is 8.37. The largest absolute Gasteiger partial charge is 0.349 e. The van der Waals surface area contributed by atoms with Gasteiger partial charge in [-0.2, -0.15) is 4.98 Å². The lowest BCUT2D eigenvalue weighted by Gasteiger charge is -2.22. The van der Waals surface area contributed by atoms with Gasteiger partial charge in [-0.25, -0.2) is 9.78 Å². The molecule has 0 fully saturated rings. The van der Waals surface area contributed by atoms with Crippen molar-refractivity contribution in [3.05, 3.63) is 55.7 Å². The lowest BCUT2D eigenvalue weighted by atomic mass is 9.97. The molecular formula is C18H18N4O2S3. The van der Waals surface area contributed by atoms with E-state index in [1.807, 2.05) is 22.9 Å². The van der Waals surface area contributed by atoms with E-state index < -0.39 is 0 Å². The summed E-state index contributed by atoms with van der Waals surface area (Å²) < 4.78 is 1.81. The quantitative estimate of drug-likeness (QED) is 0.490. The van der Waals surface area contributed by atoms with Crippen LogP contribution in [0.4, 0.5) is 5.13 Å². The van der Waals surface area contributed by atoms with Crippen molar-refractivity contribution in [1.82, 2.24) is 14.5 Å². The number of thiophene rings is 1. The van der Waals surface area contributed by atoms with Crippen molar-refractivity contribution < 1.29 is 4.79 Å². The Kier molecular flexibility index (Phi) is 5.70. The SMILES string of the molecule is O=C(CSc1nc(=O)n(Cc2cccs2)c2c1CCCC2)Nc1nccs1. The predicted molar refractivity (Wildman–Crippen MR) is 110 cm³/mol. The van der Waals surface area contributed by atoms with Gasteiger partial charge in [0.05, 0.1) is 12.3 Å². The third-order valence-corrected chi connectivity index (χ3v) is 6.93. The number of nitrogens with zero attached hydrogens (tertiary/aromatic N) is 3. The monoisotopic (exact) mass is 418 g/mol. The fourth-order valence-corrected chi connectivity index (χ4v) is 5.28. The number of aromatic nitrogens is 3. The number of anilines is 1. The van der Waals surface area contributed by atoms with E-state index in [1.54, 1.807) is 22.1 Å². The first-order chi connectivity index (χ1) is 13.2. The zero-order chi connectivity index (χ0) is 18.6. The molecular weight excluding hydrogens is 400 g/mol. The molecule has 0 aliphatic heterocycles. The second-order valence-corrected chi connectivity index (χ2v) is 9.06. The van der Waals surface area contributed by atoms with Gasteiger partial charge in [0, 0.05) is 27.7 Å². The minimum atomic E-state index is -0.230. The predicted octanol–water partition coefficient (Wildman–Crippen LogP) is 3.42. The molecule has 0 saturated heterocycles. The van der Waals surface area contributed by atoms with E-state index in [1.165, 1.54) is 23.1 Å². The number of fused-ring (bicyclic) bond motifs is 1. The van der Waals surface area contributed by atoms with Gasteiger partial charge < -0.3 is 5.32 Å². The third-order valence-electron chi connectivity index (χ3n) is 4.36. The lowest BCUT2D eigenvalue weighted by molar-refractivity contribution is -0.113. The van der Waals surface area contributed by atoms with Gasteiger partial charge in [-0.3, -0.25) is 9.36 Å². The van der Waals surface area contributed by atoms with Crippen LogP contribution in [0.1, 0.15) is 29.0 Å². The minimum Gasteiger partial charge on any atom is -0.301 e. The molecule has 0 spiro atoms. The fourth-order valence-electron chi connectivity index (χ4n) is 3.16. The minimum absolute atomic E-state index is 0.135. The highest BCUT2D eigenvalue weighted by Gasteiger charge is 2.21. The first-order valence-electron chi connectivity index (χ1n) is 8.68. The summed E-state index contributed by atoms with van der Waals surface area (Å²) in [7, 11) is 0. The van der Waals surface area contributed by atoms with Crippen LogP contribution in [0.5, 0.6) is 0 Å². The van der Waals surface area contributed by atoms with Crippen LogP contribution in [0.2, 0.25) is 0 Å². The molecule has 9 heteroatoms. The summed E-state index contributed by atoms with van der Waals surface area (Å²) in [6.07, 6.45) is 5.61. The van der Waals surface area contributed by atoms with Gasteiger partial charge in [0.25, 0.3) is 0 Å². The second-order valence-electron chi connectivity index (χ2n) is 6.17. The van der Waals surface area contributed by atoms with E-state index in [9.17, 15) is 9.59 Å². The van der Waals surface area contributed by atoms with Crippen molar-refractivity contribution in [2.24, 2.45) is 0 Å². The zero-order valence-electron chi connectivity index (χ0n) is 14.5. The molecule has 1 aliphatic rings. The number of hydrogen-bond donors (Lipinski definition) is 1. The average Bonchev–Trinajstić information content (AvgIpc) is 3.36. The summed E-state index contributed by atoms with van der Waals surface area (Å²) in [5.41, 5.74) is 1.98. The zero-order valence-corrected chi connectivity index (χ0v) is 17.0. The first-order valence-corrected chi connectivity index (χ1v) is 11.4. The van der Waals surface area contributed by atoms with Crippen LogP contribution in [0.25, 0.3) is 0 Å². The van der Waals surface area contributed by atoms with Crippen molar-refractivity contribution in [2.75, 3.05) is 11.1 Å². The van der Waals surface area contributed by atoms with E-state index in [-0.39, 0.29) is 17.3 Å². The Morgan fingerprint density at radius 1 is 1.26 bits per heavy atom. The maximum Gasteiger partial charge on any atom is 0.349 e. The molecule has 140 valence electrons. The number of rotatable bonds is 6. The Labute approximate surface area is 168 Å². The molecule has 3 aromatic rings. The average molecular weight is 419 g/mol. The number of carbonyl (C=O) groups is 1. The number of thiazole rings is 1. The van der Waals surface area contributed by atoms with Crippen molar-refractivity contribution in [2.45, 2.75) is 37.3 Å². The van der Waals surface area contributed by atoms with Crippen molar-refractivity contribution in [3.8, 4) is 0 Å². The highest BCUT2D eigenvalue weighted by Crippen LogP contribution is 2.29. The van der Waals surface area contributed by atoms with Crippen molar-refractivity contribution >= 4 is 45.5 Å². The molecule has 1 N–H and O–H groups in total. The van der Waals surface area contributed by atoms with E-state index in [2.05, 4.69) is 15.3 Å². The van der Waals surface area contributed by atoms with Gasteiger partial charge in [0.2, 0.25) is 5.91 Å². The summed E-state index contributed by atoms with van der Waals surface area (Å²) in [6, 6.07) is 4.04. The van der Waals surface area contributed by atoms with Gasteiger partial charge in [-0.15, -0.1) is 22.7 Å². The number of nitrogens with one attached hydrogen (secondary N) is 1. The molecule has 0 aromatic carbocycles. The van der Waals surface area contributed by atoms with Gasteiger partial charge in [-0.05, 0) is 37.1 Å². The summed E-state index contributed by atoms with van der Waals surface area (Å²) in [6.45, 7) is 0.571. The van der Waals surface area contributed by atoms with Gasteiger partial charge >= 0.3 is 5.69 Å². The maximum absolute atomic E-state index is 12.7. The molecule has 0 saturated carbocycles. The molecule has 0 atom stereocenters. The standard InChI is InChI=1S/C18H18N4O2S3/c23-15(20-17-19-7-9-26-17)11-27-16-13-5-1-2-6-14(13)22(18(24)21-16)10-12-4-3-8-25-12/h3-4,7-9H,1-2,5-6,10-11H2,(H,19,20,23). The molecule has 3 aromatic heterocycles. The van der Waals surface area contributed by atoms with Crippen LogP contribution in [-0.4, -0.2) is 26.2 Å². The molecule has 1 amide bonds. The third kappa shape index (κ3) is 4.31. The molecule has 4 rings (SSSR count). The van der Waals surface area contributed by atoms with E-state index in [4.69, 9.17) is 0 Å². The Morgan fingerprint density at radius 2 is 2.15 bits per heavy atom. The Hall–Kier alpha value is -1.97. The smallest absolute Gasteiger partial charge is 0.301 e. The first kappa shape index (κ1) is 18.4. The molecule has 0 radical (unpaired) electrons. The van der Waals surface area contributed by atoms with Crippen LogP contribution in [0.3, 0.4) is 0 Å². The Bertz CT molecular complexity index is 981. The van der Waals surface area contributed by atoms with Crippen LogP contribution < -0.4 is 11.0 Å². The number of thioether (sulfide) groups is 1. The lowest BCUT2D eigenvalue weighted by Crippen LogP contribution is -2.30.